The molecule has 0 amide bonds. The molecule has 0 aromatic heterocycles. The molecule has 1 unspecified atom stereocenters. The molecule has 2 aromatic rings. The van der Waals surface area contributed by atoms with Crippen molar-refractivity contribution in [3.8, 4) is 0 Å². The molecule has 0 spiro atoms. The molecule has 2 aromatic carbocycles. The first-order valence-electron chi connectivity index (χ1n) is 6.05. The van der Waals surface area contributed by atoms with Gasteiger partial charge in [-0.2, -0.15) is 0 Å². The standard InChI is InChI=1S/C15H13F4N/c1-8-3-4-10(5-12(8)17)9(2)20-15-13(18)6-11(16)7-14(15)19/h3-7,9,20H,1-2H3. The predicted octanol–water partition coefficient (Wildman–Crippen LogP) is 4.72. The van der Waals surface area contributed by atoms with Crippen LogP contribution in [0.25, 0.3) is 0 Å². The molecule has 1 nitrogen and oxygen atoms in total. The molecule has 2 rings (SSSR count). The van der Waals surface area contributed by atoms with E-state index < -0.39 is 35.0 Å². The van der Waals surface area contributed by atoms with Crippen LogP contribution in [0.1, 0.15) is 24.1 Å². The predicted molar refractivity (Wildman–Crippen MR) is 69.5 cm³/mol. The first kappa shape index (κ1) is 14.4. The van der Waals surface area contributed by atoms with Gasteiger partial charge in [0.2, 0.25) is 0 Å². The summed E-state index contributed by atoms with van der Waals surface area (Å²) in [5.41, 5.74) is 0.594. The summed E-state index contributed by atoms with van der Waals surface area (Å²) in [6, 6.07) is 5.20. The minimum Gasteiger partial charge on any atom is -0.374 e. The molecule has 0 heterocycles. The number of hydrogen-bond acceptors (Lipinski definition) is 1. The van der Waals surface area contributed by atoms with Crippen LogP contribution in [-0.2, 0) is 0 Å². The fourth-order valence-corrected chi connectivity index (χ4v) is 1.86. The van der Waals surface area contributed by atoms with Gasteiger partial charge in [0.1, 0.15) is 17.3 Å². The fraction of sp³-hybridized carbons (Fsp3) is 0.200. The third-order valence-corrected chi connectivity index (χ3v) is 3.06. The topological polar surface area (TPSA) is 12.0 Å². The molecule has 1 N–H and O–H groups in total. The molecule has 0 aliphatic rings. The summed E-state index contributed by atoms with van der Waals surface area (Å²) < 4.78 is 53.3. The van der Waals surface area contributed by atoms with Gasteiger partial charge in [0, 0.05) is 18.2 Å². The number of aryl methyl sites for hydroxylation is 1. The molecule has 0 aliphatic heterocycles. The normalized spacial score (nSPS) is 12.3. The second-order valence-electron chi connectivity index (χ2n) is 4.62. The number of halogens is 4. The number of nitrogens with one attached hydrogen (secondary N) is 1. The monoisotopic (exact) mass is 283 g/mol. The maximum Gasteiger partial charge on any atom is 0.152 e. The molecule has 5 heteroatoms. The van der Waals surface area contributed by atoms with E-state index in [-0.39, 0.29) is 0 Å². The van der Waals surface area contributed by atoms with Crippen molar-refractivity contribution >= 4 is 5.69 Å². The summed E-state index contributed by atoms with van der Waals surface area (Å²) in [5.74, 6) is -3.43. The lowest BCUT2D eigenvalue weighted by molar-refractivity contribution is 0.545. The average molecular weight is 283 g/mol. The van der Waals surface area contributed by atoms with Gasteiger partial charge in [0.15, 0.2) is 11.6 Å². The van der Waals surface area contributed by atoms with Crippen LogP contribution in [0, 0.1) is 30.2 Å². The zero-order chi connectivity index (χ0) is 14.9. The van der Waals surface area contributed by atoms with Crippen molar-refractivity contribution < 1.29 is 17.6 Å². The van der Waals surface area contributed by atoms with E-state index in [0.29, 0.717) is 23.3 Å². The van der Waals surface area contributed by atoms with Crippen LogP contribution in [0.2, 0.25) is 0 Å². The second kappa shape index (κ2) is 5.53. The van der Waals surface area contributed by atoms with Crippen LogP contribution in [-0.4, -0.2) is 0 Å². The van der Waals surface area contributed by atoms with E-state index in [4.69, 9.17) is 0 Å². The van der Waals surface area contributed by atoms with Crippen LogP contribution in [0.5, 0.6) is 0 Å². The Morgan fingerprint density at radius 2 is 1.50 bits per heavy atom. The summed E-state index contributed by atoms with van der Waals surface area (Å²) in [7, 11) is 0. The number of anilines is 1. The molecular formula is C15H13F4N. The summed E-state index contributed by atoms with van der Waals surface area (Å²) in [6.45, 7) is 3.25. The largest absolute Gasteiger partial charge is 0.374 e. The molecule has 0 radical (unpaired) electrons. The van der Waals surface area contributed by atoms with Gasteiger partial charge < -0.3 is 5.32 Å². The van der Waals surface area contributed by atoms with Gasteiger partial charge in [-0.25, -0.2) is 17.6 Å². The van der Waals surface area contributed by atoms with E-state index >= 15 is 0 Å². The van der Waals surface area contributed by atoms with E-state index in [1.165, 1.54) is 6.07 Å². The Morgan fingerprint density at radius 3 is 2.05 bits per heavy atom. The van der Waals surface area contributed by atoms with E-state index in [9.17, 15) is 17.6 Å². The lowest BCUT2D eigenvalue weighted by Gasteiger charge is -2.17. The highest BCUT2D eigenvalue weighted by Crippen LogP contribution is 2.26. The van der Waals surface area contributed by atoms with Crippen molar-refractivity contribution in [2.75, 3.05) is 5.32 Å². The molecule has 0 aliphatic carbocycles. The molecule has 0 fully saturated rings. The Balaban J connectivity index is 2.27. The van der Waals surface area contributed by atoms with Crippen LogP contribution in [0.4, 0.5) is 23.2 Å². The highest BCUT2D eigenvalue weighted by Gasteiger charge is 2.15. The smallest absolute Gasteiger partial charge is 0.152 e. The third kappa shape index (κ3) is 2.92. The zero-order valence-corrected chi connectivity index (χ0v) is 11.0. The quantitative estimate of drug-likeness (QED) is 0.803. The van der Waals surface area contributed by atoms with Gasteiger partial charge in [-0.3, -0.25) is 0 Å². The Hall–Kier alpha value is -2.04. The van der Waals surface area contributed by atoms with Crippen LogP contribution >= 0.6 is 0 Å². The third-order valence-electron chi connectivity index (χ3n) is 3.06. The van der Waals surface area contributed by atoms with E-state index in [1.807, 2.05) is 0 Å². The number of benzene rings is 2. The summed E-state index contributed by atoms with van der Waals surface area (Å²) in [6.07, 6.45) is 0. The van der Waals surface area contributed by atoms with Gasteiger partial charge in [0.05, 0.1) is 0 Å². The van der Waals surface area contributed by atoms with Crippen molar-refractivity contribution in [2.24, 2.45) is 0 Å². The van der Waals surface area contributed by atoms with Gasteiger partial charge in [0.25, 0.3) is 0 Å². The molecule has 0 saturated heterocycles. The van der Waals surface area contributed by atoms with E-state index in [2.05, 4.69) is 5.32 Å². The minimum absolute atomic E-state index is 0.392. The van der Waals surface area contributed by atoms with Crippen LogP contribution < -0.4 is 5.32 Å². The van der Waals surface area contributed by atoms with E-state index in [1.54, 1.807) is 26.0 Å². The van der Waals surface area contributed by atoms with Gasteiger partial charge in [-0.15, -0.1) is 0 Å². The maximum absolute atomic E-state index is 13.5. The summed E-state index contributed by atoms with van der Waals surface area (Å²) in [5, 5.41) is 2.59. The highest BCUT2D eigenvalue weighted by molar-refractivity contribution is 5.48. The Labute approximate surface area is 114 Å². The Morgan fingerprint density at radius 1 is 0.900 bits per heavy atom. The number of rotatable bonds is 3. The number of hydrogen-bond donors (Lipinski definition) is 1. The van der Waals surface area contributed by atoms with Gasteiger partial charge >= 0.3 is 0 Å². The van der Waals surface area contributed by atoms with Crippen LogP contribution in [0.3, 0.4) is 0 Å². The molecule has 0 saturated carbocycles. The fourth-order valence-electron chi connectivity index (χ4n) is 1.86. The molecular weight excluding hydrogens is 270 g/mol. The first-order valence-corrected chi connectivity index (χ1v) is 6.05. The Bertz CT molecular complexity index is 617. The lowest BCUT2D eigenvalue weighted by atomic mass is 10.1. The molecule has 106 valence electrons. The lowest BCUT2D eigenvalue weighted by Crippen LogP contribution is -2.10. The molecule has 0 bridgehead atoms. The first-order chi connectivity index (χ1) is 9.38. The minimum atomic E-state index is -1.03. The SMILES string of the molecule is Cc1ccc(C(C)Nc2c(F)cc(F)cc2F)cc1F. The summed E-state index contributed by atoms with van der Waals surface area (Å²) >= 11 is 0. The van der Waals surface area contributed by atoms with Crippen molar-refractivity contribution in [1.29, 1.82) is 0 Å². The molecule has 1 atom stereocenters. The maximum atomic E-state index is 13.5. The van der Waals surface area contributed by atoms with Crippen molar-refractivity contribution in [3.05, 3.63) is 64.7 Å². The van der Waals surface area contributed by atoms with Crippen molar-refractivity contribution in [2.45, 2.75) is 19.9 Å². The average Bonchev–Trinajstić information content (AvgIpc) is 2.36. The van der Waals surface area contributed by atoms with Gasteiger partial charge in [-0.1, -0.05) is 12.1 Å². The van der Waals surface area contributed by atoms with Crippen LogP contribution in [0.15, 0.2) is 30.3 Å². The summed E-state index contributed by atoms with van der Waals surface area (Å²) in [4.78, 5) is 0. The van der Waals surface area contributed by atoms with Crippen molar-refractivity contribution in [3.63, 3.8) is 0 Å². The second-order valence-corrected chi connectivity index (χ2v) is 4.62. The molecule has 20 heavy (non-hydrogen) atoms. The highest BCUT2D eigenvalue weighted by atomic mass is 19.1. The zero-order valence-electron chi connectivity index (χ0n) is 11.0. The Kier molecular flexibility index (Phi) is 3.97. The van der Waals surface area contributed by atoms with E-state index in [0.717, 1.165) is 0 Å². The van der Waals surface area contributed by atoms with Crippen molar-refractivity contribution in [1.82, 2.24) is 0 Å². The van der Waals surface area contributed by atoms with Gasteiger partial charge in [-0.05, 0) is 31.0 Å².